The Kier molecular flexibility index (Phi) is 6.75. The molecule has 0 saturated carbocycles. The summed E-state index contributed by atoms with van der Waals surface area (Å²) in [5.74, 6) is 0. The van der Waals surface area contributed by atoms with Crippen LogP contribution in [-0.4, -0.2) is 35.6 Å². The molecule has 0 aromatic heterocycles. The third-order valence-corrected chi connectivity index (χ3v) is 3.02. The minimum atomic E-state index is -1.19. The predicted octanol–water partition coefficient (Wildman–Crippen LogP) is 3.51. The lowest BCUT2D eigenvalue weighted by Crippen LogP contribution is -2.30. The first kappa shape index (κ1) is 17.4. The highest BCUT2D eigenvalue weighted by atomic mass is 16.5. The van der Waals surface area contributed by atoms with Gasteiger partial charge in [-0.2, -0.15) is 0 Å². The van der Waals surface area contributed by atoms with E-state index in [4.69, 9.17) is 9.84 Å². The Labute approximate surface area is 128 Å². The summed E-state index contributed by atoms with van der Waals surface area (Å²) in [6.45, 7) is 5.95. The first-order chi connectivity index (χ1) is 10.5. The molecule has 7 heteroatoms. The van der Waals surface area contributed by atoms with Gasteiger partial charge in [0.25, 0.3) is 0 Å². The largest absolute Gasteiger partial charge is 0.502 e. The molecular weight excluding hydrogens is 288 g/mol. The molecule has 1 rings (SSSR count). The molecule has 0 unspecified atom stereocenters. The smallest absolute Gasteiger partial charge is 0.411 e. The van der Waals surface area contributed by atoms with Gasteiger partial charge in [0.1, 0.15) is 0 Å². The summed E-state index contributed by atoms with van der Waals surface area (Å²) < 4.78 is 4.98. The minimum Gasteiger partial charge on any atom is -0.502 e. The predicted molar refractivity (Wildman–Crippen MR) is 83.6 cm³/mol. The Hall–Kier alpha value is -2.70. The van der Waals surface area contributed by atoms with Crippen molar-refractivity contribution in [2.45, 2.75) is 19.8 Å². The molecule has 3 N–H and O–H groups in total. The lowest BCUT2D eigenvalue weighted by molar-refractivity contribution is 0.200. The number of amides is 2. The van der Waals surface area contributed by atoms with Gasteiger partial charge in [0.2, 0.25) is 0 Å². The summed E-state index contributed by atoms with van der Waals surface area (Å²) in [5, 5.41) is 20.4. The maximum absolute atomic E-state index is 11.4. The average Bonchev–Trinajstić information content (AvgIpc) is 2.44. The van der Waals surface area contributed by atoms with Crippen LogP contribution in [0.1, 0.15) is 18.4 Å². The van der Waals surface area contributed by atoms with Gasteiger partial charge in [-0.25, -0.2) is 9.59 Å². The van der Waals surface area contributed by atoms with Crippen molar-refractivity contribution in [1.82, 2.24) is 0 Å². The van der Waals surface area contributed by atoms with Crippen LogP contribution in [0.5, 0.6) is 0 Å². The molecule has 0 aliphatic rings. The zero-order chi connectivity index (χ0) is 16.5. The van der Waals surface area contributed by atoms with Crippen LogP contribution in [0, 0.1) is 6.92 Å². The first-order valence-corrected chi connectivity index (χ1v) is 6.79. The van der Waals surface area contributed by atoms with Crippen molar-refractivity contribution in [2.75, 3.05) is 23.4 Å². The van der Waals surface area contributed by atoms with E-state index in [1.807, 2.05) is 0 Å². The van der Waals surface area contributed by atoms with Gasteiger partial charge >= 0.3 is 12.2 Å². The number of unbranched alkanes of at least 4 members (excludes halogenated alkanes) is 1. The van der Waals surface area contributed by atoms with Gasteiger partial charge in [0.05, 0.1) is 12.9 Å². The molecule has 0 atom stereocenters. The fourth-order valence-electron chi connectivity index (χ4n) is 1.90. The Morgan fingerprint density at radius 2 is 2.09 bits per heavy atom. The van der Waals surface area contributed by atoms with Crippen molar-refractivity contribution in [3.8, 4) is 0 Å². The second-order valence-corrected chi connectivity index (χ2v) is 4.61. The fraction of sp³-hybridized carbons (Fsp3) is 0.333. The fourth-order valence-corrected chi connectivity index (χ4v) is 1.90. The van der Waals surface area contributed by atoms with E-state index in [1.165, 1.54) is 17.2 Å². The van der Waals surface area contributed by atoms with Gasteiger partial charge in [-0.15, -0.1) is 0 Å². The van der Waals surface area contributed by atoms with Gasteiger partial charge < -0.3 is 14.9 Å². The number of ether oxygens (including phenoxy) is 1. The molecule has 1 aromatic rings. The maximum atomic E-state index is 11.4. The quantitative estimate of drug-likeness (QED) is 0.504. The standard InChI is InChI=1S/C15H20N2O5/c1-3-22-9-5-4-8-17(15(20)21)12-7-6-11(2)13(10-12)16-14(18)19/h3,6-7,10,16H,1,4-5,8-9H2,2H3,(H,18,19)(H,20,21). The average molecular weight is 308 g/mol. The number of anilines is 2. The Balaban J connectivity index is 2.80. The van der Waals surface area contributed by atoms with Crippen LogP contribution in [-0.2, 0) is 4.74 Å². The number of nitrogens with one attached hydrogen (secondary N) is 1. The summed E-state index contributed by atoms with van der Waals surface area (Å²) in [6, 6.07) is 4.84. The number of aryl methyl sites for hydroxylation is 1. The molecule has 0 aliphatic heterocycles. The Morgan fingerprint density at radius 3 is 2.68 bits per heavy atom. The lowest BCUT2D eigenvalue weighted by atomic mass is 10.1. The van der Waals surface area contributed by atoms with Crippen molar-refractivity contribution in [3.05, 3.63) is 36.6 Å². The van der Waals surface area contributed by atoms with Crippen LogP contribution >= 0.6 is 0 Å². The Bertz CT molecular complexity index is 545. The number of carboxylic acid groups (broad SMARTS) is 2. The van der Waals surface area contributed by atoms with Crippen molar-refractivity contribution in [3.63, 3.8) is 0 Å². The van der Waals surface area contributed by atoms with Gasteiger partial charge in [-0.05, 0) is 37.5 Å². The zero-order valence-corrected chi connectivity index (χ0v) is 12.4. The zero-order valence-electron chi connectivity index (χ0n) is 12.4. The van der Waals surface area contributed by atoms with E-state index in [2.05, 4.69) is 11.9 Å². The topological polar surface area (TPSA) is 99.1 Å². The number of hydrogen-bond acceptors (Lipinski definition) is 3. The van der Waals surface area contributed by atoms with Gasteiger partial charge in [0.15, 0.2) is 0 Å². The summed E-state index contributed by atoms with van der Waals surface area (Å²) in [5.41, 5.74) is 1.51. The van der Waals surface area contributed by atoms with E-state index in [9.17, 15) is 14.7 Å². The van der Waals surface area contributed by atoms with Gasteiger partial charge in [-0.1, -0.05) is 12.6 Å². The van der Waals surface area contributed by atoms with E-state index in [0.717, 1.165) is 5.56 Å². The van der Waals surface area contributed by atoms with Crippen LogP contribution in [0.25, 0.3) is 0 Å². The van der Waals surface area contributed by atoms with Gasteiger partial charge in [-0.3, -0.25) is 10.2 Å². The molecule has 0 aliphatic carbocycles. The summed E-state index contributed by atoms with van der Waals surface area (Å²) in [6.07, 6.45) is 0.384. The maximum Gasteiger partial charge on any atom is 0.411 e. The summed E-state index contributed by atoms with van der Waals surface area (Å²) in [7, 11) is 0. The highest BCUT2D eigenvalue weighted by Gasteiger charge is 2.15. The molecule has 2 amide bonds. The van der Waals surface area contributed by atoms with Crippen LogP contribution in [0.3, 0.4) is 0 Å². The van der Waals surface area contributed by atoms with Crippen LogP contribution < -0.4 is 10.2 Å². The molecule has 22 heavy (non-hydrogen) atoms. The third-order valence-electron chi connectivity index (χ3n) is 3.02. The summed E-state index contributed by atoms with van der Waals surface area (Å²) >= 11 is 0. The molecule has 1 aromatic carbocycles. The highest BCUT2D eigenvalue weighted by molar-refractivity contribution is 5.89. The SMILES string of the molecule is C=COCCCCN(C(=O)O)c1ccc(C)c(NC(=O)O)c1. The highest BCUT2D eigenvalue weighted by Crippen LogP contribution is 2.24. The third kappa shape index (κ3) is 5.35. The number of hydrogen-bond donors (Lipinski definition) is 3. The molecule has 0 saturated heterocycles. The van der Waals surface area contributed by atoms with Gasteiger partial charge in [0, 0.05) is 17.9 Å². The van der Waals surface area contributed by atoms with E-state index in [-0.39, 0.29) is 0 Å². The molecule has 0 radical (unpaired) electrons. The number of rotatable bonds is 8. The van der Waals surface area contributed by atoms with Crippen LogP contribution in [0.15, 0.2) is 31.0 Å². The monoisotopic (exact) mass is 308 g/mol. The lowest BCUT2D eigenvalue weighted by Gasteiger charge is -2.20. The van der Waals surface area contributed by atoms with Crippen LogP contribution in [0.2, 0.25) is 0 Å². The van der Waals surface area contributed by atoms with Crippen molar-refractivity contribution in [2.24, 2.45) is 0 Å². The van der Waals surface area contributed by atoms with Crippen molar-refractivity contribution >= 4 is 23.6 Å². The van der Waals surface area contributed by atoms with E-state index >= 15 is 0 Å². The molecule has 0 spiro atoms. The second-order valence-electron chi connectivity index (χ2n) is 4.61. The number of nitrogens with zero attached hydrogens (tertiary/aromatic N) is 1. The van der Waals surface area contributed by atoms with E-state index < -0.39 is 12.2 Å². The molecular formula is C15H20N2O5. The van der Waals surface area contributed by atoms with Crippen LogP contribution in [0.4, 0.5) is 21.0 Å². The van der Waals surface area contributed by atoms with E-state index in [0.29, 0.717) is 37.4 Å². The summed E-state index contributed by atoms with van der Waals surface area (Å²) in [4.78, 5) is 23.3. The minimum absolute atomic E-state index is 0.297. The van der Waals surface area contributed by atoms with Crippen molar-refractivity contribution < 1.29 is 24.5 Å². The normalized spacial score (nSPS) is 9.86. The van der Waals surface area contributed by atoms with Crippen molar-refractivity contribution in [1.29, 1.82) is 0 Å². The molecule has 7 nitrogen and oxygen atoms in total. The Morgan fingerprint density at radius 1 is 1.36 bits per heavy atom. The molecule has 0 heterocycles. The second kappa shape index (κ2) is 8.56. The number of carbonyl (C=O) groups is 2. The molecule has 120 valence electrons. The van der Waals surface area contributed by atoms with E-state index in [1.54, 1.807) is 19.1 Å². The molecule has 0 bridgehead atoms. The first-order valence-electron chi connectivity index (χ1n) is 6.79. The number of benzene rings is 1. The molecule has 0 fully saturated rings.